The van der Waals surface area contributed by atoms with Crippen LogP contribution >= 0.6 is 0 Å². The zero-order valence-corrected chi connectivity index (χ0v) is 11.4. The highest BCUT2D eigenvalue weighted by Crippen LogP contribution is 2.14. The number of carbonyl (C=O) groups is 1. The summed E-state index contributed by atoms with van der Waals surface area (Å²) in [4.78, 5) is 13.3. The average Bonchev–Trinajstić information content (AvgIpc) is 2.78. The van der Waals surface area contributed by atoms with Gasteiger partial charge in [0, 0.05) is 19.2 Å². The standard InChI is InChI=1S/C15H19NO4/c1-2-20-12-6-3-11(4-7-12)5-8-15(19)16-9-13(17)14(18)10-16/h3-8,13-14,17-18H,2,9-10H2,1H3/t13-,14+. The molecule has 2 N–H and O–H groups in total. The second-order valence-electron chi connectivity index (χ2n) is 4.71. The molecule has 20 heavy (non-hydrogen) atoms. The van der Waals surface area contributed by atoms with Gasteiger partial charge in [0.05, 0.1) is 18.8 Å². The first-order valence-electron chi connectivity index (χ1n) is 6.66. The number of hydrogen-bond donors (Lipinski definition) is 2. The van der Waals surface area contributed by atoms with Crippen LogP contribution in [0.4, 0.5) is 0 Å². The smallest absolute Gasteiger partial charge is 0.246 e. The van der Waals surface area contributed by atoms with Crippen molar-refractivity contribution >= 4 is 12.0 Å². The minimum atomic E-state index is -0.849. The summed E-state index contributed by atoms with van der Waals surface area (Å²) in [5, 5.41) is 18.8. The molecule has 0 aliphatic carbocycles. The lowest BCUT2D eigenvalue weighted by Gasteiger charge is -2.12. The number of β-amino-alcohol motifs (C(OH)–C–C–N with tert-alkyl or cyclic N) is 2. The number of aliphatic hydroxyl groups is 2. The van der Waals surface area contributed by atoms with E-state index in [0.29, 0.717) is 6.61 Å². The lowest BCUT2D eigenvalue weighted by atomic mass is 10.2. The zero-order chi connectivity index (χ0) is 14.5. The van der Waals surface area contributed by atoms with Crippen LogP contribution in [0.2, 0.25) is 0 Å². The molecule has 1 amide bonds. The molecule has 0 saturated carbocycles. The van der Waals surface area contributed by atoms with Crippen molar-refractivity contribution in [2.24, 2.45) is 0 Å². The van der Waals surface area contributed by atoms with E-state index < -0.39 is 12.2 Å². The van der Waals surface area contributed by atoms with Gasteiger partial charge in [-0.1, -0.05) is 12.1 Å². The van der Waals surface area contributed by atoms with Crippen molar-refractivity contribution in [1.82, 2.24) is 4.90 Å². The highest BCUT2D eigenvalue weighted by Gasteiger charge is 2.31. The van der Waals surface area contributed by atoms with Crippen molar-refractivity contribution in [2.75, 3.05) is 19.7 Å². The number of hydrogen-bond acceptors (Lipinski definition) is 4. The van der Waals surface area contributed by atoms with Crippen LogP contribution < -0.4 is 4.74 Å². The number of amides is 1. The largest absolute Gasteiger partial charge is 0.494 e. The number of ether oxygens (including phenoxy) is 1. The Morgan fingerprint density at radius 3 is 2.45 bits per heavy atom. The molecule has 0 radical (unpaired) electrons. The molecule has 2 rings (SSSR count). The molecular formula is C15H19NO4. The molecule has 5 heteroatoms. The Balaban J connectivity index is 1.93. The van der Waals surface area contributed by atoms with Crippen molar-refractivity contribution in [1.29, 1.82) is 0 Å². The van der Waals surface area contributed by atoms with E-state index in [1.54, 1.807) is 6.08 Å². The summed E-state index contributed by atoms with van der Waals surface area (Å²) in [5.74, 6) is 0.580. The van der Waals surface area contributed by atoms with Gasteiger partial charge in [0.2, 0.25) is 5.91 Å². The predicted molar refractivity (Wildman–Crippen MR) is 75.2 cm³/mol. The van der Waals surface area contributed by atoms with Gasteiger partial charge in [-0.3, -0.25) is 4.79 Å². The lowest BCUT2D eigenvalue weighted by molar-refractivity contribution is -0.125. The fraction of sp³-hybridized carbons (Fsp3) is 0.400. The summed E-state index contributed by atoms with van der Waals surface area (Å²) >= 11 is 0. The SMILES string of the molecule is CCOc1ccc(C=CC(=O)N2C[C@@H](O)[C@@H](O)C2)cc1. The first-order chi connectivity index (χ1) is 9.60. The number of nitrogens with zero attached hydrogens (tertiary/aromatic N) is 1. The topological polar surface area (TPSA) is 70.0 Å². The number of aliphatic hydroxyl groups excluding tert-OH is 2. The Morgan fingerprint density at radius 2 is 1.90 bits per heavy atom. The number of rotatable bonds is 4. The Hall–Kier alpha value is -1.85. The normalized spacial score (nSPS) is 22.4. The van der Waals surface area contributed by atoms with Crippen molar-refractivity contribution in [2.45, 2.75) is 19.1 Å². The van der Waals surface area contributed by atoms with Crippen molar-refractivity contribution < 1.29 is 19.7 Å². The lowest BCUT2D eigenvalue weighted by Crippen LogP contribution is -2.27. The highest BCUT2D eigenvalue weighted by atomic mass is 16.5. The first-order valence-corrected chi connectivity index (χ1v) is 6.66. The monoisotopic (exact) mass is 277 g/mol. The minimum Gasteiger partial charge on any atom is -0.494 e. The molecule has 1 aromatic carbocycles. The second-order valence-corrected chi connectivity index (χ2v) is 4.71. The Bertz CT molecular complexity index is 473. The molecule has 2 atom stereocenters. The van der Waals surface area contributed by atoms with Gasteiger partial charge in [0.25, 0.3) is 0 Å². The maximum absolute atomic E-state index is 11.9. The summed E-state index contributed by atoms with van der Waals surface area (Å²) in [5.41, 5.74) is 0.891. The second kappa shape index (κ2) is 6.54. The Morgan fingerprint density at radius 1 is 1.30 bits per heavy atom. The van der Waals surface area contributed by atoms with Crippen LogP contribution in [0.3, 0.4) is 0 Å². The van der Waals surface area contributed by atoms with Gasteiger partial charge < -0.3 is 19.8 Å². The predicted octanol–water partition coefficient (Wildman–Crippen LogP) is 0.662. The zero-order valence-electron chi connectivity index (χ0n) is 11.4. The molecular weight excluding hydrogens is 258 g/mol. The third-order valence-corrected chi connectivity index (χ3v) is 3.18. The van der Waals surface area contributed by atoms with Crippen LogP contribution in [0.1, 0.15) is 12.5 Å². The Labute approximate surface area is 118 Å². The molecule has 0 bridgehead atoms. The highest BCUT2D eigenvalue weighted by molar-refractivity contribution is 5.92. The molecule has 1 aliphatic heterocycles. The quantitative estimate of drug-likeness (QED) is 0.793. The molecule has 5 nitrogen and oxygen atoms in total. The van der Waals surface area contributed by atoms with E-state index in [4.69, 9.17) is 4.74 Å². The minimum absolute atomic E-state index is 0.174. The van der Waals surface area contributed by atoms with E-state index >= 15 is 0 Å². The molecule has 0 unspecified atom stereocenters. The molecule has 1 heterocycles. The van der Waals surface area contributed by atoms with Crippen molar-refractivity contribution in [3.05, 3.63) is 35.9 Å². The van der Waals surface area contributed by atoms with Crippen LogP contribution in [-0.4, -0.2) is 52.9 Å². The van der Waals surface area contributed by atoms with E-state index in [9.17, 15) is 15.0 Å². The van der Waals surface area contributed by atoms with Gasteiger partial charge >= 0.3 is 0 Å². The van der Waals surface area contributed by atoms with Crippen LogP contribution in [0.25, 0.3) is 6.08 Å². The molecule has 1 aliphatic rings. The van der Waals surface area contributed by atoms with E-state index in [2.05, 4.69) is 0 Å². The summed E-state index contributed by atoms with van der Waals surface area (Å²) in [6, 6.07) is 7.42. The van der Waals surface area contributed by atoms with Crippen LogP contribution in [0.5, 0.6) is 5.75 Å². The number of benzene rings is 1. The van der Waals surface area contributed by atoms with Gasteiger partial charge in [0.15, 0.2) is 0 Å². The number of carbonyl (C=O) groups excluding carboxylic acids is 1. The van der Waals surface area contributed by atoms with E-state index in [0.717, 1.165) is 11.3 Å². The van der Waals surface area contributed by atoms with Crippen LogP contribution in [0, 0.1) is 0 Å². The maximum Gasteiger partial charge on any atom is 0.246 e. The van der Waals surface area contributed by atoms with Crippen molar-refractivity contribution in [3.8, 4) is 5.75 Å². The fourth-order valence-electron chi connectivity index (χ4n) is 2.06. The Kier molecular flexibility index (Phi) is 4.76. The van der Waals surface area contributed by atoms with Gasteiger partial charge in [-0.05, 0) is 30.7 Å². The average molecular weight is 277 g/mol. The third-order valence-electron chi connectivity index (χ3n) is 3.18. The molecule has 1 saturated heterocycles. The van der Waals surface area contributed by atoms with Gasteiger partial charge in [-0.2, -0.15) is 0 Å². The summed E-state index contributed by atoms with van der Waals surface area (Å²) in [6.45, 7) is 2.89. The summed E-state index contributed by atoms with van der Waals surface area (Å²) < 4.78 is 5.34. The molecule has 0 spiro atoms. The van der Waals surface area contributed by atoms with Gasteiger partial charge in [-0.15, -0.1) is 0 Å². The number of likely N-dealkylation sites (tertiary alicyclic amines) is 1. The fourth-order valence-corrected chi connectivity index (χ4v) is 2.06. The summed E-state index contributed by atoms with van der Waals surface area (Å²) in [6.07, 6.45) is 1.45. The molecule has 108 valence electrons. The van der Waals surface area contributed by atoms with Crippen LogP contribution in [0.15, 0.2) is 30.3 Å². The third kappa shape index (κ3) is 3.59. The maximum atomic E-state index is 11.9. The summed E-state index contributed by atoms with van der Waals surface area (Å²) in [7, 11) is 0. The van der Waals surface area contributed by atoms with E-state index in [1.807, 2.05) is 31.2 Å². The van der Waals surface area contributed by atoms with Crippen molar-refractivity contribution in [3.63, 3.8) is 0 Å². The van der Waals surface area contributed by atoms with E-state index in [-0.39, 0.29) is 19.0 Å². The van der Waals surface area contributed by atoms with Crippen LogP contribution in [-0.2, 0) is 4.79 Å². The molecule has 1 aromatic rings. The van der Waals surface area contributed by atoms with Gasteiger partial charge in [0.1, 0.15) is 5.75 Å². The molecule has 0 aromatic heterocycles. The molecule has 1 fully saturated rings. The first kappa shape index (κ1) is 14.6. The van der Waals surface area contributed by atoms with E-state index in [1.165, 1.54) is 11.0 Å². The van der Waals surface area contributed by atoms with Gasteiger partial charge in [-0.25, -0.2) is 0 Å².